The van der Waals surface area contributed by atoms with E-state index in [1.807, 2.05) is 6.07 Å². The van der Waals surface area contributed by atoms with Crippen LogP contribution >= 0.6 is 0 Å². The lowest BCUT2D eigenvalue weighted by atomic mass is 10.0. The number of nitrogens with one attached hydrogen (secondary N) is 1. The molecule has 0 spiro atoms. The zero-order chi connectivity index (χ0) is 11.4. The second-order valence-electron chi connectivity index (χ2n) is 4.78. The van der Waals surface area contributed by atoms with Crippen molar-refractivity contribution < 1.29 is 5.11 Å². The molecule has 0 radical (unpaired) electrons. The van der Waals surface area contributed by atoms with E-state index in [1.54, 1.807) is 0 Å². The van der Waals surface area contributed by atoms with Crippen molar-refractivity contribution in [3.8, 4) is 0 Å². The van der Waals surface area contributed by atoms with E-state index in [2.05, 4.69) is 36.5 Å². The van der Waals surface area contributed by atoms with Gasteiger partial charge in [0, 0.05) is 18.7 Å². The number of aliphatic hydroxyl groups excluding tert-OH is 1. The Kier molecular flexibility index (Phi) is 3.97. The molecular weight excluding hydrogens is 198 g/mol. The van der Waals surface area contributed by atoms with Gasteiger partial charge in [0.2, 0.25) is 0 Å². The third-order valence-electron chi connectivity index (χ3n) is 3.66. The zero-order valence-electron chi connectivity index (χ0n) is 9.89. The Hall–Kier alpha value is -0.860. The fraction of sp³-hybridized carbons (Fsp3) is 0.571. The van der Waals surface area contributed by atoms with Gasteiger partial charge in [-0.25, -0.2) is 0 Å². The van der Waals surface area contributed by atoms with E-state index in [4.69, 9.17) is 0 Å². The van der Waals surface area contributed by atoms with E-state index in [0.29, 0.717) is 24.6 Å². The molecule has 0 saturated heterocycles. The first kappa shape index (κ1) is 11.6. The minimum atomic E-state index is 0.319. The largest absolute Gasteiger partial charge is 0.396 e. The number of hydrogen-bond donors (Lipinski definition) is 2. The normalized spacial score (nSPS) is 26.9. The van der Waals surface area contributed by atoms with Crippen molar-refractivity contribution in [3.63, 3.8) is 0 Å². The van der Waals surface area contributed by atoms with Crippen LogP contribution in [0.5, 0.6) is 0 Å². The summed E-state index contributed by atoms with van der Waals surface area (Å²) in [6.07, 6.45) is 3.60. The summed E-state index contributed by atoms with van der Waals surface area (Å²) in [6.45, 7) is 2.52. The molecule has 0 bridgehead atoms. The Morgan fingerprint density at radius 2 is 2.06 bits per heavy atom. The van der Waals surface area contributed by atoms with Crippen molar-refractivity contribution in [1.82, 2.24) is 5.32 Å². The van der Waals surface area contributed by atoms with Gasteiger partial charge in [-0.05, 0) is 31.2 Å². The van der Waals surface area contributed by atoms with Gasteiger partial charge in [0.1, 0.15) is 0 Å². The average molecular weight is 219 g/mol. The van der Waals surface area contributed by atoms with Gasteiger partial charge in [0.05, 0.1) is 0 Å². The highest BCUT2D eigenvalue weighted by Crippen LogP contribution is 2.27. The monoisotopic (exact) mass is 219 g/mol. The lowest BCUT2D eigenvalue weighted by molar-refractivity contribution is 0.200. The second kappa shape index (κ2) is 5.46. The van der Waals surface area contributed by atoms with Crippen LogP contribution in [0.2, 0.25) is 0 Å². The van der Waals surface area contributed by atoms with E-state index in [1.165, 1.54) is 18.4 Å². The molecule has 2 rings (SSSR count). The van der Waals surface area contributed by atoms with E-state index in [-0.39, 0.29) is 0 Å². The Bertz CT molecular complexity index is 312. The van der Waals surface area contributed by atoms with Gasteiger partial charge in [0.15, 0.2) is 0 Å². The molecule has 0 heterocycles. The van der Waals surface area contributed by atoms with Crippen LogP contribution in [0.15, 0.2) is 30.3 Å². The lowest BCUT2D eigenvalue weighted by Crippen LogP contribution is -2.35. The molecule has 0 aromatic heterocycles. The molecule has 1 saturated carbocycles. The summed E-state index contributed by atoms with van der Waals surface area (Å²) in [7, 11) is 0. The van der Waals surface area contributed by atoms with Crippen molar-refractivity contribution in [2.45, 2.75) is 38.3 Å². The molecule has 1 aliphatic rings. The van der Waals surface area contributed by atoms with Gasteiger partial charge in [-0.3, -0.25) is 0 Å². The molecule has 0 aliphatic heterocycles. The highest BCUT2D eigenvalue weighted by molar-refractivity contribution is 5.18. The van der Waals surface area contributed by atoms with Crippen LogP contribution in [-0.4, -0.2) is 17.8 Å². The van der Waals surface area contributed by atoms with Crippen molar-refractivity contribution in [2.24, 2.45) is 5.92 Å². The number of hydrogen-bond acceptors (Lipinski definition) is 2. The Balaban J connectivity index is 1.94. The van der Waals surface area contributed by atoms with Gasteiger partial charge >= 0.3 is 0 Å². The molecular formula is C14H21NO. The summed E-state index contributed by atoms with van der Waals surface area (Å²) in [6, 6.07) is 11.4. The van der Waals surface area contributed by atoms with E-state index < -0.39 is 0 Å². The highest BCUT2D eigenvalue weighted by Gasteiger charge is 2.27. The van der Waals surface area contributed by atoms with Crippen LogP contribution < -0.4 is 5.32 Å². The predicted molar refractivity (Wildman–Crippen MR) is 66.2 cm³/mol. The SMILES string of the molecule is CC(NC1CCCC1CO)c1ccccc1. The average Bonchev–Trinajstić information content (AvgIpc) is 2.77. The topological polar surface area (TPSA) is 32.3 Å². The summed E-state index contributed by atoms with van der Waals surface area (Å²) in [5.41, 5.74) is 1.33. The third-order valence-corrected chi connectivity index (χ3v) is 3.66. The third kappa shape index (κ3) is 2.63. The van der Waals surface area contributed by atoms with Crippen LogP contribution in [0.4, 0.5) is 0 Å². The van der Waals surface area contributed by atoms with Gasteiger partial charge in [-0.2, -0.15) is 0 Å². The molecule has 0 amide bonds. The Labute approximate surface area is 97.7 Å². The van der Waals surface area contributed by atoms with Gasteiger partial charge in [-0.1, -0.05) is 36.8 Å². The maximum Gasteiger partial charge on any atom is 0.0474 e. The summed E-state index contributed by atoms with van der Waals surface area (Å²) in [4.78, 5) is 0. The fourth-order valence-corrected chi connectivity index (χ4v) is 2.63. The second-order valence-corrected chi connectivity index (χ2v) is 4.78. The molecule has 2 heteroatoms. The van der Waals surface area contributed by atoms with Crippen LogP contribution in [0, 0.1) is 5.92 Å². The van der Waals surface area contributed by atoms with Gasteiger partial charge in [0.25, 0.3) is 0 Å². The zero-order valence-corrected chi connectivity index (χ0v) is 9.89. The molecule has 3 unspecified atom stereocenters. The summed E-state index contributed by atoms with van der Waals surface area (Å²) in [5.74, 6) is 0.450. The van der Waals surface area contributed by atoms with Crippen molar-refractivity contribution in [2.75, 3.05) is 6.61 Å². The molecule has 88 valence electrons. The number of benzene rings is 1. The summed E-state index contributed by atoms with van der Waals surface area (Å²) >= 11 is 0. The highest BCUT2D eigenvalue weighted by atomic mass is 16.3. The first-order valence-electron chi connectivity index (χ1n) is 6.23. The minimum absolute atomic E-state index is 0.319. The molecule has 1 aromatic carbocycles. The maximum absolute atomic E-state index is 9.28. The molecule has 1 aliphatic carbocycles. The Morgan fingerprint density at radius 3 is 2.75 bits per heavy atom. The van der Waals surface area contributed by atoms with E-state index in [0.717, 1.165) is 6.42 Å². The number of rotatable bonds is 4. The molecule has 2 N–H and O–H groups in total. The molecule has 1 fully saturated rings. The molecule has 3 atom stereocenters. The molecule has 16 heavy (non-hydrogen) atoms. The predicted octanol–water partition coefficient (Wildman–Crippen LogP) is 2.50. The molecule has 2 nitrogen and oxygen atoms in total. The Morgan fingerprint density at radius 1 is 1.31 bits per heavy atom. The summed E-state index contributed by atoms with van der Waals surface area (Å²) < 4.78 is 0. The van der Waals surface area contributed by atoms with Gasteiger partial charge in [-0.15, -0.1) is 0 Å². The van der Waals surface area contributed by atoms with Crippen LogP contribution in [0.1, 0.15) is 37.8 Å². The first-order valence-corrected chi connectivity index (χ1v) is 6.23. The standard InChI is InChI=1S/C14H21NO/c1-11(12-6-3-2-4-7-12)15-14-9-5-8-13(14)10-16/h2-4,6-7,11,13-16H,5,8-10H2,1H3. The lowest BCUT2D eigenvalue weighted by Gasteiger charge is -2.24. The minimum Gasteiger partial charge on any atom is -0.396 e. The van der Waals surface area contributed by atoms with Crippen LogP contribution in [0.3, 0.4) is 0 Å². The van der Waals surface area contributed by atoms with Crippen molar-refractivity contribution in [1.29, 1.82) is 0 Å². The van der Waals surface area contributed by atoms with Crippen molar-refractivity contribution in [3.05, 3.63) is 35.9 Å². The van der Waals surface area contributed by atoms with Crippen LogP contribution in [0.25, 0.3) is 0 Å². The summed E-state index contributed by atoms with van der Waals surface area (Å²) in [5, 5.41) is 12.9. The van der Waals surface area contributed by atoms with Crippen molar-refractivity contribution >= 4 is 0 Å². The van der Waals surface area contributed by atoms with E-state index in [9.17, 15) is 5.11 Å². The molecule has 1 aromatic rings. The maximum atomic E-state index is 9.28. The fourth-order valence-electron chi connectivity index (χ4n) is 2.63. The van der Waals surface area contributed by atoms with E-state index >= 15 is 0 Å². The smallest absolute Gasteiger partial charge is 0.0474 e. The van der Waals surface area contributed by atoms with Gasteiger partial charge < -0.3 is 10.4 Å². The van der Waals surface area contributed by atoms with Crippen LogP contribution in [-0.2, 0) is 0 Å². The number of aliphatic hydroxyl groups is 1. The first-order chi connectivity index (χ1) is 7.81. The quantitative estimate of drug-likeness (QED) is 0.815.